The van der Waals surface area contributed by atoms with Crippen LogP contribution in [0.3, 0.4) is 0 Å². The van der Waals surface area contributed by atoms with Crippen molar-refractivity contribution in [3.8, 4) is 11.5 Å². The summed E-state index contributed by atoms with van der Waals surface area (Å²) in [7, 11) is 1.73. The van der Waals surface area contributed by atoms with Crippen molar-refractivity contribution in [2.45, 2.75) is 32.2 Å². The van der Waals surface area contributed by atoms with Crippen LogP contribution < -0.4 is 10.9 Å². The maximum absolute atomic E-state index is 12.5. The first-order valence-electron chi connectivity index (χ1n) is 9.01. The summed E-state index contributed by atoms with van der Waals surface area (Å²) in [4.78, 5) is 25.1. The molecule has 138 valence electrons. The minimum absolute atomic E-state index is 0.0684. The van der Waals surface area contributed by atoms with Crippen LogP contribution in [0.2, 0.25) is 0 Å². The number of nitrogens with one attached hydrogen (secondary N) is 1. The van der Waals surface area contributed by atoms with Gasteiger partial charge >= 0.3 is 0 Å². The molecule has 2 aromatic heterocycles. The molecule has 0 saturated carbocycles. The fourth-order valence-corrected chi connectivity index (χ4v) is 3.43. The Morgan fingerprint density at radius 2 is 1.96 bits per heavy atom. The van der Waals surface area contributed by atoms with Crippen molar-refractivity contribution >= 4 is 5.91 Å². The van der Waals surface area contributed by atoms with Crippen LogP contribution in [0.4, 0.5) is 0 Å². The molecule has 1 aliphatic carbocycles. The van der Waals surface area contributed by atoms with Crippen LogP contribution in [-0.2, 0) is 26.4 Å². The first-order valence-corrected chi connectivity index (χ1v) is 9.01. The lowest BCUT2D eigenvalue weighted by Gasteiger charge is -2.19. The van der Waals surface area contributed by atoms with Crippen LogP contribution in [0, 0.1) is 0 Å². The van der Waals surface area contributed by atoms with Gasteiger partial charge in [0.25, 0.3) is 11.5 Å². The normalized spacial score (nSPS) is 13.2. The summed E-state index contributed by atoms with van der Waals surface area (Å²) in [5, 5.41) is 10.7. The highest BCUT2D eigenvalue weighted by atomic mass is 16.4. The average molecular weight is 364 g/mol. The van der Waals surface area contributed by atoms with Gasteiger partial charge in [0.1, 0.15) is 5.56 Å². The molecule has 0 radical (unpaired) electrons. The van der Waals surface area contributed by atoms with Crippen molar-refractivity contribution in [3.05, 3.63) is 69.5 Å². The summed E-state index contributed by atoms with van der Waals surface area (Å²) in [5.41, 5.74) is 2.81. The molecule has 0 aliphatic heterocycles. The molecule has 0 saturated heterocycles. The zero-order valence-corrected chi connectivity index (χ0v) is 15.1. The third kappa shape index (κ3) is 3.40. The van der Waals surface area contributed by atoms with Gasteiger partial charge in [0.15, 0.2) is 0 Å². The summed E-state index contributed by atoms with van der Waals surface area (Å²) >= 11 is 0. The zero-order valence-electron chi connectivity index (χ0n) is 15.1. The van der Waals surface area contributed by atoms with E-state index in [1.54, 1.807) is 17.7 Å². The van der Waals surface area contributed by atoms with E-state index >= 15 is 0 Å². The predicted molar refractivity (Wildman–Crippen MR) is 99.2 cm³/mol. The molecule has 1 amide bonds. The van der Waals surface area contributed by atoms with E-state index in [9.17, 15) is 9.59 Å². The second-order valence-corrected chi connectivity index (χ2v) is 6.65. The summed E-state index contributed by atoms with van der Waals surface area (Å²) in [6.45, 7) is 0.0684. The summed E-state index contributed by atoms with van der Waals surface area (Å²) in [5.74, 6) is 0.255. The molecular formula is C20H20N4O3. The number of benzene rings is 1. The standard InChI is InChI=1S/C20H20N4O3/c1-24-16-10-6-5-9-14(16)11-15(20(24)26)18(25)21-12-17-22-23-19(27-17)13-7-3-2-4-8-13/h2-4,7-8,11H,5-6,9-10,12H2,1H3,(H,21,25). The van der Waals surface area contributed by atoms with Crippen molar-refractivity contribution in [2.24, 2.45) is 7.05 Å². The number of fused-ring (bicyclic) bond motifs is 1. The zero-order chi connectivity index (χ0) is 18.8. The third-order valence-corrected chi connectivity index (χ3v) is 4.87. The first kappa shape index (κ1) is 17.2. The van der Waals surface area contributed by atoms with Gasteiger partial charge in [-0.05, 0) is 49.4 Å². The molecular weight excluding hydrogens is 344 g/mol. The van der Waals surface area contributed by atoms with Crippen molar-refractivity contribution in [2.75, 3.05) is 0 Å². The van der Waals surface area contributed by atoms with Crippen LogP contribution >= 0.6 is 0 Å². The highest BCUT2D eigenvalue weighted by Gasteiger charge is 2.20. The highest BCUT2D eigenvalue weighted by molar-refractivity contribution is 5.94. The Morgan fingerprint density at radius 3 is 2.78 bits per heavy atom. The van der Waals surface area contributed by atoms with Gasteiger partial charge in [0.05, 0.1) is 6.54 Å². The van der Waals surface area contributed by atoms with E-state index in [0.29, 0.717) is 5.89 Å². The largest absolute Gasteiger partial charge is 0.419 e. The van der Waals surface area contributed by atoms with E-state index in [2.05, 4.69) is 15.5 Å². The number of aryl methyl sites for hydroxylation is 1. The highest BCUT2D eigenvalue weighted by Crippen LogP contribution is 2.20. The van der Waals surface area contributed by atoms with E-state index < -0.39 is 5.91 Å². The average Bonchev–Trinajstić information content (AvgIpc) is 3.19. The predicted octanol–water partition coefficient (Wildman–Crippen LogP) is 2.24. The Morgan fingerprint density at radius 1 is 1.19 bits per heavy atom. The summed E-state index contributed by atoms with van der Waals surface area (Å²) < 4.78 is 7.18. The fraction of sp³-hybridized carbons (Fsp3) is 0.300. The smallest absolute Gasteiger partial charge is 0.263 e. The monoisotopic (exact) mass is 364 g/mol. The molecule has 0 spiro atoms. The Kier molecular flexibility index (Phi) is 4.58. The number of pyridine rings is 1. The van der Waals surface area contributed by atoms with Crippen molar-refractivity contribution in [1.82, 2.24) is 20.1 Å². The van der Waals surface area contributed by atoms with Gasteiger partial charge in [-0.15, -0.1) is 10.2 Å². The minimum Gasteiger partial charge on any atom is -0.419 e. The number of nitrogens with zero attached hydrogens (tertiary/aromatic N) is 3. The Balaban J connectivity index is 1.50. The van der Waals surface area contributed by atoms with Crippen molar-refractivity contribution in [3.63, 3.8) is 0 Å². The quantitative estimate of drug-likeness (QED) is 0.767. The number of hydrogen-bond donors (Lipinski definition) is 1. The number of hydrogen-bond acceptors (Lipinski definition) is 5. The lowest BCUT2D eigenvalue weighted by Crippen LogP contribution is -2.34. The number of carbonyl (C=O) groups is 1. The topological polar surface area (TPSA) is 90.0 Å². The van der Waals surface area contributed by atoms with Gasteiger partial charge in [-0.1, -0.05) is 18.2 Å². The van der Waals surface area contributed by atoms with Crippen LogP contribution in [0.25, 0.3) is 11.5 Å². The van der Waals surface area contributed by atoms with E-state index in [4.69, 9.17) is 4.42 Å². The van der Waals surface area contributed by atoms with E-state index in [0.717, 1.165) is 42.5 Å². The van der Waals surface area contributed by atoms with Gasteiger partial charge in [0.2, 0.25) is 11.8 Å². The van der Waals surface area contributed by atoms with Gasteiger partial charge in [-0.3, -0.25) is 9.59 Å². The molecule has 27 heavy (non-hydrogen) atoms. The van der Waals surface area contributed by atoms with Crippen LogP contribution in [0.5, 0.6) is 0 Å². The van der Waals surface area contributed by atoms with Crippen LogP contribution in [-0.4, -0.2) is 20.7 Å². The molecule has 7 heteroatoms. The molecule has 0 unspecified atom stereocenters. The van der Waals surface area contributed by atoms with Crippen molar-refractivity contribution < 1.29 is 9.21 Å². The summed E-state index contributed by atoms with van der Waals surface area (Å²) in [6, 6.07) is 11.1. The summed E-state index contributed by atoms with van der Waals surface area (Å²) in [6.07, 6.45) is 3.93. The van der Waals surface area contributed by atoms with Crippen molar-refractivity contribution in [1.29, 1.82) is 0 Å². The van der Waals surface area contributed by atoms with E-state index in [1.165, 1.54) is 0 Å². The van der Waals surface area contributed by atoms with Gasteiger partial charge in [-0.25, -0.2) is 0 Å². The number of aromatic nitrogens is 3. The molecule has 1 aliphatic rings. The first-order chi connectivity index (χ1) is 13.1. The molecule has 7 nitrogen and oxygen atoms in total. The van der Waals surface area contributed by atoms with Crippen LogP contribution in [0.1, 0.15) is 40.3 Å². The van der Waals surface area contributed by atoms with Gasteiger partial charge in [-0.2, -0.15) is 0 Å². The second-order valence-electron chi connectivity index (χ2n) is 6.65. The van der Waals surface area contributed by atoms with E-state index in [-0.39, 0.29) is 23.6 Å². The Bertz CT molecular complexity index is 1040. The fourth-order valence-electron chi connectivity index (χ4n) is 3.43. The second kappa shape index (κ2) is 7.19. The lowest BCUT2D eigenvalue weighted by atomic mass is 9.94. The number of amides is 1. The Labute approximate surface area is 156 Å². The molecule has 4 rings (SSSR count). The van der Waals surface area contributed by atoms with Gasteiger partial charge in [0, 0.05) is 18.3 Å². The number of carbonyl (C=O) groups excluding carboxylic acids is 1. The Hall–Kier alpha value is -3.22. The molecule has 1 aromatic carbocycles. The molecule has 0 bridgehead atoms. The van der Waals surface area contributed by atoms with Gasteiger partial charge < -0.3 is 14.3 Å². The minimum atomic E-state index is -0.427. The molecule has 0 fully saturated rings. The number of rotatable bonds is 4. The maximum atomic E-state index is 12.5. The van der Waals surface area contributed by atoms with Crippen LogP contribution in [0.15, 0.2) is 45.6 Å². The maximum Gasteiger partial charge on any atom is 0.263 e. The third-order valence-electron chi connectivity index (χ3n) is 4.87. The lowest BCUT2D eigenvalue weighted by molar-refractivity contribution is 0.0945. The molecule has 1 N–H and O–H groups in total. The SMILES string of the molecule is Cn1c2c(cc(C(=O)NCc3nnc(-c4ccccc4)o3)c1=O)CCCC2. The molecule has 0 atom stereocenters. The molecule has 3 aromatic rings. The van der Waals surface area contributed by atoms with E-state index in [1.807, 2.05) is 30.3 Å². The molecule has 2 heterocycles.